The number of carboxylic acids is 1. The molecule has 2 amide bonds. The molecule has 0 saturated carbocycles. The van der Waals surface area contributed by atoms with Crippen molar-refractivity contribution in [3.63, 3.8) is 0 Å². The van der Waals surface area contributed by atoms with Crippen LogP contribution in [0.15, 0.2) is 68.3 Å². The van der Waals surface area contributed by atoms with Crippen molar-refractivity contribution >= 4 is 138 Å². The number of amidine groups is 1. The number of carbonyl (C=O) groups is 5. The van der Waals surface area contributed by atoms with Crippen LogP contribution in [-0.4, -0.2) is 194 Å². The van der Waals surface area contributed by atoms with E-state index in [9.17, 15) is 78.5 Å². The summed E-state index contributed by atoms with van der Waals surface area (Å²) in [6.07, 6.45) is 1.14. The molecule has 2 aromatic rings. The molecule has 0 bridgehead atoms. The normalized spacial score (nSPS) is 18.4. The Morgan fingerprint density at radius 2 is 1.57 bits per heavy atom. The Hall–Kier alpha value is -5.45. The van der Waals surface area contributed by atoms with Crippen molar-refractivity contribution < 1.29 is 144 Å². The van der Waals surface area contributed by atoms with Crippen LogP contribution in [0.1, 0.15) is 85.9 Å². The summed E-state index contributed by atoms with van der Waals surface area (Å²) in [6.45, 7) is 4.53. The molecule has 35 nitrogen and oxygen atoms in total. The molecule has 44 heteroatoms. The van der Waals surface area contributed by atoms with Gasteiger partial charge in [-0.3, -0.25) is 33.4 Å². The van der Waals surface area contributed by atoms with Crippen molar-refractivity contribution in [3.05, 3.63) is 70.6 Å². The number of rotatable bonds is 40. The molecule has 7 atom stereocenters. The van der Waals surface area contributed by atoms with Crippen LogP contribution in [0.5, 0.6) is 0 Å². The van der Waals surface area contributed by atoms with E-state index in [2.05, 4.69) is 36.1 Å². The predicted molar refractivity (Wildman–Crippen MR) is 367 cm³/mol. The lowest BCUT2D eigenvalue weighted by Crippen LogP contribution is -2.72. The maximum absolute atomic E-state index is 13.6. The summed E-state index contributed by atoms with van der Waals surface area (Å²) in [7, 11) is -23.6. The number of alkyl carbamates (subject to hydrolysis) is 1. The maximum Gasteiger partial charge on any atom is 0.490 e. The van der Waals surface area contributed by atoms with Crippen molar-refractivity contribution in [2.45, 2.75) is 98.1 Å². The number of hydrogen-bond donors (Lipinski definition) is 12. The van der Waals surface area contributed by atoms with Crippen LogP contribution in [0.3, 0.4) is 0 Å². The quantitative estimate of drug-likeness (QED) is 0.00284. The topological polar surface area (TPSA) is 540 Å². The van der Waals surface area contributed by atoms with Crippen molar-refractivity contribution in [3.8, 4) is 34.3 Å². The van der Waals surface area contributed by atoms with Gasteiger partial charge in [0.15, 0.2) is 22.0 Å². The minimum Gasteiger partial charge on any atom is -0.478 e. The van der Waals surface area contributed by atoms with Gasteiger partial charge in [-0.2, -0.15) is 25.5 Å². The number of esters is 1. The van der Waals surface area contributed by atoms with Gasteiger partial charge in [0.25, 0.3) is 10.1 Å². The van der Waals surface area contributed by atoms with E-state index in [1.54, 1.807) is 17.0 Å². The number of carboxylic acid groups (broad SMARTS) is 1. The molecule has 2 aromatic carbocycles. The van der Waals surface area contributed by atoms with E-state index in [1.165, 1.54) is 54.2 Å². The van der Waals surface area contributed by atoms with E-state index in [0.29, 0.717) is 31.8 Å². The van der Waals surface area contributed by atoms with E-state index in [1.807, 2.05) is 13.8 Å². The van der Waals surface area contributed by atoms with Gasteiger partial charge < -0.3 is 78.6 Å². The fourth-order valence-electron chi connectivity index (χ4n) is 9.72. The first-order valence-corrected chi connectivity index (χ1v) is 42.5. The zero-order valence-electron chi connectivity index (χ0n) is 54.3. The third-order valence-electron chi connectivity index (χ3n) is 14.2. The molecule has 4 aliphatic rings. The van der Waals surface area contributed by atoms with Crippen molar-refractivity contribution in [1.82, 2.24) is 10.6 Å². The van der Waals surface area contributed by atoms with Crippen LogP contribution in [0.25, 0.3) is 33.4 Å². The van der Waals surface area contributed by atoms with Crippen LogP contribution in [0.2, 0.25) is 0 Å². The molecular formula is C57H75N5O30P3S6+. The SMILES string of the molecule is C[NH+]=c1ccc2c(-c3cc(C(=O)CCCOCCOCCNC(=O)OCCC(C)(C)SSCOCCCCOC(=O)CCC#CC4=CC([C@H]5C[C@H](OCS(C)=S)[C@@H](COP(=O)(O)OP(=O)(O)OP(=O)(O)O)O5)C(=O)NC4=N)ccc3C(=O)O)c3ccc(N)c(S(=O)(=O)O)c3oc-2c1S(=O)(=O)O. The van der Waals surface area contributed by atoms with E-state index >= 15 is 0 Å². The fraction of sp³-hybridized carbons (Fsp3) is 0.491. The molecular weight excluding hydrogens is 1520 g/mol. The molecule has 3 aliphatic heterocycles. The summed E-state index contributed by atoms with van der Waals surface area (Å²) >= 11 is 5.17. The lowest BCUT2D eigenvalue weighted by molar-refractivity contribution is -0.467. The molecule has 6 rings (SSSR count). The second-order valence-corrected chi connectivity index (χ2v) is 35.6. The van der Waals surface area contributed by atoms with Crippen LogP contribution in [-0.2, 0) is 110 Å². The first kappa shape index (κ1) is 84.5. The number of Topliss-reactive ketones (excluding diaryl/α,β-unsaturated/α-hetero) is 1. The molecule has 3 heterocycles. The molecule has 101 heavy (non-hydrogen) atoms. The number of carbonyl (C=O) groups excluding carboxylic acids is 4. The number of ketones is 1. The molecule has 558 valence electrons. The first-order chi connectivity index (χ1) is 47.3. The van der Waals surface area contributed by atoms with E-state index in [4.69, 9.17) is 74.2 Å². The minimum atomic E-state index is -5.79. The standard InChI is InChI=1S/C57H74N5O30P3S6/c1-57(2,98-97-32-84-21-7-8-23-85-47(64)12-6-5-10-35-29-40(54(65)62-53(35)59)44-30-45(87-33-99(4)96)46(89-44)31-88-94(72,73)92-95(74,75)91-93(69,70)71)19-24-86-56(68)61-20-25-83-27-26-82-22-9-11-43(63)34-13-14-36(55(66)67)39(28-34)48-37-15-17-41(58)51(100(76,77)78)49(37)90-50-38(48)16-18-42(60-3)52(50)101(79,80)81/h13-18,28-29,40,44-46H,6-9,11-12,19-27,30-33,58H2,1-4H3,(H,61,68)(H,66,67)(H,72,73)(H,74,75)(H2,59,62,65)(H2,69,70,71)(H,76,77,78)(H,79,80,81)/p+1/t40?,44-,45+,46-,99?/m1/s1. The van der Waals surface area contributed by atoms with E-state index < -0.39 is 141 Å². The number of unbranched alkanes of at least 4 members (excludes halogenated alkanes) is 1. The summed E-state index contributed by atoms with van der Waals surface area (Å²) in [5, 5.41) is 23.2. The Morgan fingerprint density at radius 3 is 2.25 bits per heavy atom. The maximum atomic E-state index is 13.6. The Bertz CT molecular complexity index is 4270. The summed E-state index contributed by atoms with van der Waals surface area (Å²) in [4.78, 5) is 102. The molecule has 1 fully saturated rings. The third-order valence-corrected chi connectivity index (χ3v) is 23.7. The van der Waals surface area contributed by atoms with Gasteiger partial charge in [-0.25, -0.2) is 28.3 Å². The number of phosphoric acid groups is 3. The lowest BCUT2D eigenvalue weighted by atomic mass is 9.88. The van der Waals surface area contributed by atoms with Gasteiger partial charge in [0.1, 0.15) is 24.9 Å². The molecule has 4 unspecified atom stereocenters. The third kappa shape index (κ3) is 26.6. The number of hydrogen-bond acceptors (Lipinski definition) is 28. The Labute approximate surface area is 593 Å². The molecule has 1 saturated heterocycles. The summed E-state index contributed by atoms with van der Waals surface area (Å²) in [5.74, 6) is 0.863. The van der Waals surface area contributed by atoms with Gasteiger partial charge >= 0.3 is 51.6 Å². The second-order valence-electron chi connectivity index (χ2n) is 22.4. The van der Waals surface area contributed by atoms with Gasteiger partial charge in [0.2, 0.25) is 16.2 Å². The van der Waals surface area contributed by atoms with Gasteiger partial charge in [-0.15, -0.1) is 0 Å². The van der Waals surface area contributed by atoms with Crippen molar-refractivity contribution in [2.75, 3.05) is 90.3 Å². The Kier molecular flexibility index (Phi) is 31.8. The number of fused-ring (bicyclic) bond motifs is 2. The number of nitrogens with one attached hydrogen (secondary N) is 4. The minimum absolute atomic E-state index is 0.00205. The van der Waals surface area contributed by atoms with Gasteiger partial charge in [0, 0.05) is 71.9 Å². The number of ether oxygens (including phenoxy) is 7. The fourth-order valence-corrected chi connectivity index (χ4v) is 17.1. The first-order valence-electron chi connectivity index (χ1n) is 30.0. The number of benzene rings is 3. The number of aromatic carboxylic acids is 1. The molecule has 0 spiro atoms. The van der Waals surface area contributed by atoms with E-state index in [0.717, 1.165) is 12.1 Å². The lowest BCUT2D eigenvalue weighted by Gasteiger charge is -2.25. The average molecular weight is 1600 g/mol. The molecule has 0 aromatic heterocycles. The van der Waals surface area contributed by atoms with Crippen molar-refractivity contribution in [1.29, 1.82) is 5.41 Å². The summed E-state index contributed by atoms with van der Waals surface area (Å²) < 4.78 is 164. The highest BCUT2D eigenvalue weighted by Gasteiger charge is 2.46. The number of nitrogen functional groups attached to an aromatic ring is 1. The average Bonchev–Trinajstić information content (AvgIpc) is 1.02. The number of phosphoric ester groups is 1. The number of nitrogens with two attached hydrogens (primary N) is 1. The van der Waals surface area contributed by atoms with E-state index in [-0.39, 0.29) is 139 Å². The molecule has 13 N–H and O–H groups in total. The highest BCUT2D eigenvalue weighted by molar-refractivity contribution is 8.77. The van der Waals surface area contributed by atoms with Gasteiger partial charge in [-0.1, -0.05) is 55.0 Å². The van der Waals surface area contributed by atoms with Crippen molar-refractivity contribution in [2.24, 2.45) is 5.92 Å². The monoisotopic (exact) mass is 1590 g/mol. The second kappa shape index (κ2) is 38.0. The zero-order chi connectivity index (χ0) is 74.7. The predicted octanol–water partition coefficient (Wildman–Crippen LogP) is 4.15. The summed E-state index contributed by atoms with van der Waals surface area (Å²) in [6, 6.07) is 8.64. The van der Waals surface area contributed by atoms with Crippen LogP contribution in [0, 0.1) is 23.2 Å². The van der Waals surface area contributed by atoms with Crippen LogP contribution < -0.4 is 26.7 Å². The number of anilines is 1. The summed E-state index contributed by atoms with van der Waals surface area (Å²) in [5.41, 5.74) is 4.11. The van der Waals surface area contributed by atoms with Gasteiger partial charge in [0.05, 0.1) is 87.0 Å². The molecule has 1 aliphatic carbocycles. The largest absolute Gasteiger partial charge is 0.490 e. The Morgan fingerprint density at radius 1 is 0.881 bits per heavy atom. The highest BCUT2D eigenvalue weighted by atomic mass is 33.1. The number of amides is 2. The van der Waals surface area contributed by atoms with Crippen LogP contribution >= 0.6 is 45.1 Å². The van der Waals surface area contributed by atoms with Crippen LogP contribution in [0.4, 0.5) is 10.5 Å². The molecule has 0 radical (unpaired) electrons. The van der Waals surface area contributed by atoms with Gasteiger partial charge in [-0.05, 0) is 92.9 Å². The highest BCUT2D eigenvalue weighted by Crippen LogP contribution is 2.66. The Balaban J connectivity index is 0.813. The smallest absolute Gasteiger partial charge is 0.478 e. The zero-order valence-corrected chi connectivity index (χ0v) is 61.8.